The first-order valence-electron chi connectivity index (χ1n) is 6.60. The zero-order valence-electron chi connectivity index (χ0n) is 11.2. The standard InChI is InChI=1S/C14H13N5OS/c15-9-19(13(20)11-3-6-17-7-11)14-18-8-12(21-14)10-1-4-16-5-2-10/h1-2,4-5,8,11,17H,3,6-7H2/t11-/m0/s1. The summed E-state index contributed by atoms with van der Waals surface area (Å²) in [5.41, 5.74) is 0.974. The Morgan fingerprint density at radius 2 is 2.29 bits per heavy atom. The molecule has 0 aliphatic carbocycles. The number of hydrogen-bond donors (Lipinski definition) is 1. The Bertz CT molecular complexity index is 672. The highest BCUT2D eigenvalue weighted by molar-refractivity contribution is 7.19. The quantitative estimate of drug-likeness (QED) is 0.688. The van der Waals surface area contributed by atoms with Gasteiger partial charge in [-0.05, 0) is 30.7 Å². The zero-order chi connectivity index (χ0) is 14.7. The van der Waals surface area contributed by atoms with Gasteiger partial charge in [0.15, 0.2) is 6.19 Å². The Labute approximate surface area is 126 Å². The molecule has 2 aromatic rings. The number of pyridine rings is 1. The van der Waals surface area contributed by atoms with Crippen molar-refractivity contribution in [2.45, 2.75) is 6.42 Å². The first kappa shape index (κ1) is 13.7. The topological polar surface area (TPSA) is 81.9 Å². The maximum absolute atomic E-state index is 12.3. The monoisotopic (exact) mass is 299 g/mol. The Morgan fingerprint density at radius 1 is 1.48 bits per heavy atom. The van der Waals surface area contributed by atoms with Crippen molar-refractivity contribution in [1.29, 1.82) is 5.26 Å². The molecule has 0 saturated carbocycles. The molecule has 1 saturated heterocycles. The number of carbonyl (C=O) groups is 1. The molecule has 0 aromatic carbocycles. The molecule has 7 heteroatoms. The minimum atomic E-state index is -0.182. The van der Waals surface area contributed by atoms with E-state index in [1.54, 1.807) is 18.6 Å². The minimum absolute atomic E-state index is 0.141. The largest absolute Gasteiger partial charge is 0.316 e. The summed E-state index contributed by atoms with van der Waals surface area (Å²) in [4.78, 5) is 22.5. The van der Waals surface area contributed by atoms with Gasteiger partial charge in [0.05, 0.1) is 10.8 Å². The van der Waals surface area contributed by atoms with Crippen LogP contribution in [0.2, 0.25) is 0 Å². The summed E-state index contributed by atoms with van der Waals surface area (Å²) in [6.07, 6.45) is 7.80. The van der Waals surface area contributed by atoms with E-state index in [0.29, 0.717) is 11.7 Å². The molecule has 0 bridgehead atoms. The SMILES string of the molecule is N#CN(C(=O)[C@H]1CCNC1)c1ncc(-c2ccncc2)s1. The molecule has 1 atom stereocenters. The highest BCUT2D eigenvalue weighted by atomic mass is 32.1. The van der Waals surface area contributed by atoms with Crippen LogP contribution in [0.3, 0.4) is 0 Å². The van der Waals surface area contributed by atoms with Crippen LogP contribution in [0.25, 0.3) is 10.4 Å². The van der Waals surface area contributed by atoms with Gasteiger partial charge in [-0.25, -0.2) is 4.98 Å². The third-order valence-electron chi connectivity index (χ3n) is 3.38. The average Bonchev–Trinajstić information content (AvgIpc) is 3.21. The fraction of sp³-hybridized carbons (Fsp3) is 0.286. The van der Waals surface area contributed by atoms with Crippen molar-refractivity contribution in [1.82, 2.24) is 15.3 Å². The van der Waals surface area contributed by atoms with Gasteiger partial charge >= 0.3 is 0 Å². The van der Waals surface area contributed by atoms with E-state index in [2.05, 4.69) is 15.3 Å². The summed E-state index contributed by atoms with van der Waals surface area (Å²) in [5.74, 6) is -0.323. The molecular weight excluding hydrogens is 286 g/mol. The zero-order valence-corrected chi connectivity index (χ0v) is 12.0. The molecule has 1 fully saturated rings. The van der Waals surface area contributed by atoms with Crippen LogP contribution in [-0.2, 0) is 4.79 Å². The Morgan fingerprint density at radius 3 is 2.95 bits per heavy atom. The van der Waals surface area contributed by atoms with Crippen molar-refractivity contribution < 1.29 is 4.79 Å². The Balaban J connectivity index is 1.84. The maximum atomic E-state index is 12.3. The van der Waals surface area contributed by atoms with Crippen molar-refractivity contribution in [3.8, 4) is 16.6 Å². The predicted molar refractivity (Wildman–Crippen MR) is 79.4 cm³/mol. The third kappa shape index (κ3) is 2.77. The van der Waals surface area contributed by atoms with Gasteiger partial charge < -0.3 is 5.32 Å². The van der Waals surface area contributed by atoms with E-state index in [4.69, 9.17) is 0 Å². The molecule has 3 heterocycles. The van der Waals surface area contributed by atoms with Gasteiger partial charge in [0.25, 0.3) is 0 Å². The summed E-state index contributed by atoms with van der Waals surface area (Å²) in [7, 11) is 0. The number of anilines is 1. The van der Waals surface area contributed by atoms with Gasteiger partial charge in [-0.15, -0.1) is 0 Å². The fourth-order valence-corrected chi connectivity index (χ4v) is 3.14. The van der Waals surface area contributed by atoms with Crippen LogP contribution >= 0.6 is 11.3 Å². The molecule has 0 radical (unpaired) electrons. The van der Waals surface area contributed by atoms with Gasteiger partial charge in [-0.2, -0.15) is 10.2 Å². The van der Waals surface area contributed by atoms with E-state index in [1.807, 2.05) is 18.3 Å². The first-order valence-corrected chi connectivity index (χ1v) is 7.42. The first-order chi connectivity index (χ1) is 10.3. The van der Waals surface area contributed by atoms with E-state index >= 15 is 0 Å². The van der Waals surface area contributed by atoms with Gasteiger partial charge in [-0.3, -0.25) is 9.78 Å². The van der Waals surface area contributed by atoms with Crippen molar-refractivity contribution in [3.05, 3.63) is 30.7 Å². The van der Waals surface area contributed by atoms with Crippen molar-refractivity contribution in [3.63, 3.8) is 0 Å². The predicted octanol–water partition coefficient (Wildman–Crippen LogP) is 1.63. The van der Waals surface area contributed by atoms with Crippen molar-refractivity contribution in [2.24, 2.45) is 5.92 Å². The van der Waals surface area contributed by atoms with E-state index in [1.165, 1.54) is 11.3 Å². The molecule has 1 amide bonds. The maximum Gasteiger partial charge on any atom is 0.246 e. The number of nitrogens with one attached hydrogen (secondary N) is 1. The lowest BCUT2D eigenvalue weighted by Gasteiger charge is -2.14. The number of nitrogens with zero attached hydrogens (tertiary/aromatic N) is 4. The lowest BCUT2D eigenvalue weighted by Crippen LogP contribution is -2.33. The second-order valence-corrected chi connectivity index (χ2v) is 5.72. The molecule has 6 nitrogen and oxygen atoms in total. The normalized spacial score (nSPS) is 17.4. The summed E-state index contributed by atoms with van der Waals surface area (Å²) in [6.45, 7) is 1.44. The fourth-order valence-electron chi connectivity index (χ4n) is 2.25. The summed E-state index contributed by atoms with van der Waals surface area (Å²) < 4.78 is 0. The highest BCUT2D eigenvalue weighted by Gasteiger charge is 2.29. The van der Waals surface area contributed by atoms with Gasteiger partial charge in [-0.1, -0.05) is 11.3 Å². The minimum Gasteiger partial charge on any atom is -0.316 e. The molecule has 1 N–H and O–H groups in total. The van der Waals surface area contributed by atoms with E-state index in [9.17, 15) is 10.1 Å². The number of hydrogen-bond acceptors (Lipinski definition) is 6. The molecule has 1 aliphatic heterocycles. The number of thiazole rings is 1. The van der Waals surface area contributed by atoms with Crippen LogP contribution < -0.4 is 10.2 Å². The number of aromatic nitrogens is 2. The van der Waals surface area contributed by atoms with Crippen LogP contribution in [0.1, 0.15) is 6.42 Å². The van der Waals surface area contributed by atoms with Crippen LogP contribution in [0.4, 0.5) is 5.13 Å². The molecule has 0 unspecified atom stereocenters. The van der Waals surface area contributed by atoms with Crippen molar-refractivity contribution >= 4 is 22.4 Å². The second kappa shape index (κ2) is 5.99. The number of carbonyl (C=O) groups excluding carboxylic acids is 1. The molecule has 106 valence electrons. The van der Waals surface area contributed by atoms with E-state index in [0.717, 1.165) is 28.3 Å². The smallest absolute Gasteiger partial charge is 0.246 e. The van der Waals surface area contributed by atoms with E-state index in [-0.39, 0.29) is 11.8 Å². The van der Waals surface area contributed by atoms with Crippen LogP contribution in [-0.4, -0.2) is 29.0 Å². The summed E-state index contributed by atoms with van der Waals surface area (Å²) in [6, 6.07) is 3.74. The Hall–Kier alpha value is -2.30. The highest BCUT2D eigenvalue weighted by Crippen LogP contribution is 2.31. The molecule has 3 rings (SSSR count). The van der Waals surface area contributed by atoms with Gasteiger partial charge in [0, 0.05) is 25.1 Å². The molecule has 21 heavy (non-hydrogen) atoms. The Kier molecular flexibility index (Phi) is 3.90. The van der Waals surface area contributed by atoms with Crippen LogP contribution in [0.5, 0.6) is 0 Å². The van der Waals surface area contributed by atoms with Crippen molar-refractivity contribution in [2.75, 3.05) is 18.0 Å². The summed E-state index contributed by atoms with van der Waals surface area (Å²) in [5, 5.41) is 12.8. The lowest BCUT2D eigenvalue weighted by molar-refractivity contribution is -0.121. The third-order valence-corrected chi connectivity index (χ3v) is 4.41. The van der Waals surface area contributed by atoms with Gasteiger partial charge in [0.2, 0.25) is 11.0 Å². The molecule has 2 aromatic heterocycles. The van der Waals surface area contributed by atoms with Crippen LogP contribution in [0, 0.1) is 17.4 Å². The number of amides is 1. The van der Waals surface area contributed by atoms with E-state index < -0.39 is 0 Å². The molecule has 0 spiro atoms. The average molecular weight is 299 g/mol. The second-order valence-electron chi connectivity index (χ2n) is 4.71. The number of rotatable bonds is 3. The summed E-state index contributed by atoms with van der Waals surface area (Å²) >= 11 is 1.33. The lowest BCUT2D eigenvalue weighted by atomic mass is 10.1. The molecule has 1 aliphatic rings. The van der Waals surface area contributed by atoms with Crippen LogP contribution in [0.15, 0.2) is 30.7 Å². The number of nitriles is 1. The van der Waals surface area contributed by atoms with Gasteiger partial charge in [0.1, 0.15) is 0 Å². The molecular formula is C14H13N5OS.